The minimum absolute atomic E-state index is 0.208. The topological polar surface area (TPSA) is 51.2 Å². The molecule has 1 amide bonds. The third kappa shape index (κ3) is 4.61. The Balaban J connectivity index is 1.46. The summed E-state index contributed by atoms with van der Waals surface area (Å²) in [6.45, 7) is 2.08. The van der Waals surface area contributed by atoms with E-state index in [1.807, 2.05) is 48.5 Å². The number of benzene rings is 3. The van der Waals surface area contributed by atoms with Crippen molar-refractivity contribution in [3.05, 3.63) is 82.3 Å². The van der Waals surface area contributed by atoms with Crippen LogP contribution in [0.3, 0.4) is 0 Å². The number of hydrogen-bond donors (Lipinski definition) is 1. The molecule has 0 radical (unpaired) electrons. The molecule has 4 aromatic rings. The Labute approximate surface area is 187 Å². The monoisotopic (exact) mass is 478 g/mol. The summed E-state index contributed by atoms with van der Waals surface area (Å²) in [7, 11) is 1.61. The first-order valence-electron chi connectivity index (χ1n) is 9.32. The van der Waals surface area contributed by atoms with E-state index in [0.717, 1.165) is 31.8 Å². The van der Waals surface area contributed by atoms with Crippen LogP contribution in [-0.4, -0.2) is 18.0 Å². The molecule has 0 fully saturated rings. The second-order valence-electron chi connectivity index (χ2n) is 6.78. The zero-order valence-corrected chi connectivity index (χ0v) is 18.9. The van der Waals surface area contributed by atoms with E-state index < -0.39 is 0 Å². The van der Waals surface area contributed by atoms with Gasteiger partial charge >= 0.3 is 0 Å². The number of methoxy groups -OCH3 is 1. The van der Waals surface area contributed by atoms with Crippen LogP contribution in [0.15, 0.2) is 71.2 Å². The van der Waals surface area contributed by atoms with Gasteiger partial charge in [-0.2, -0.15) is 0 Å². The van der Waals surface area contributed by atoms with Gasteiger partial charge in [0.05, 0.1) is 17.3 Å². The predicted molar refractivity (Wildman–Crippen MR) is 128 cm³/mol. The van der Waals surface area contributed by atoms with Crippen molar-refractivity contribution in [2.75, 3.05) is 12.4 Å². The summed E-state index contributed by atoms with van der Waals surface area (Å²) in [4.78, 5) is 17.0. The molecule has 3 aromatic carbocycles. The highest BCUT2D eigenvalue weighted by Crippen LogP contribution is 2.31. The molecule has 0 unspecified atom stereocenters. The Morgan fingerprint density at radius 2 is 1.90 bits per heavy atom. The van der Waals surface area contributed by atoms with Gasteiger partial charge in [0.2, 0.25) is 5.91 Å². The molecule has 4 nitrogen and oxygen atoms in total. The van der Waals surface area contributed by atoms with Crippen molar-refractivity contribution in [3.63, 3.8) is 0 Å². The van der Waals surface area contributed by atoms with Crippen LogP contribution in [-0.2, 0) is 4.79 Å². The Kier molecular flexibility index (Phi) is 5.97. The van der Waals surface area contributed by atoms with E-state index in [-0.39, 0.29) is 5.91 Å². The third-order valence-electron chi connectivity index (χ3n) is 4.55. The van der Waals surface area contributed by atoms with Gasteiger partial charge in [0, 0.05) is 27.4 Å². The summed E-state index contributed by atoms with van der Waals surface area (Å²) in [6, 6.07) is 19.6. The lowest BCUT2D eigenvalue weighted by Gasteiger charge is -2.05. The summed E-state index contributed by atoms with van der Waals surface area (Å²) in [5.74, 6) is 0.498. The fourth-order valence-electron chi connectivity index (χ4n) is 3.04. The van der Waals surface area contributed by atoms with Crippen LogP contribution in [0.25, 0.3) is 26.9 Å². The lowest BCUT2D eigenvalue weighted by molar-refractivity contribution is -0.111. The highest BCUT2D eigenvalue weighted by atomic mass is 79.9. The number of carbonyl (C=O) groups excluding carboxylic acids is 1. The lowest BCUT2D eigenvalue weighted by atomic mass is 10.2. The van der Waals surface area contributed by atoms with Crippen molar-refractivity contribution in [1.29, 1.82) is 0 Å². The second-order valence-corrected chi connectivity index (χ2v) is 8.72. The van der Waals surface area contributed by atoms with Gasteiger partial charge in [-0.1, -0.05) is 22.0 Å². The van der Waals surface area contributed by atoms with Gasteiger partial charge in [-0.25, -0.2) is 4.98 Å². The molecule has 1 N–H and O–H groups in total. The number of carbonyl (C=O) groups is 1. The maximum Gasteiger partial charge on any atom is 0.248 e. The molecule has 0 saturated heterocycles. The molecule has 0 aliphatic carbocycles. The lowest BCUT2D eigenvalue weighted by Crippen LogP contribution is -2.07. The molecule has 0 bridgehead atoms. The summed E-state index contributed by atoms with van der Waals surface area (Å²) in [5.41, 5.74) is 4.81. The highest BCUT2D eigenvalue weighted by Gasteiger charge is 2.07. The van der Waals surface area contributed by atoms with Crippen molar-refractivity contribution in [1.82, 2.24) is 4.98 Å². The first kappa shape index (κ1) is 20.3. The van der Waals surface area contributed by atoms with E-state index in [1.165, 1.54) is 16.3 Å². The van der Waals surface area contributed by atoms with Crippen molar-refractivity contribution < 1.29 is 9.53 Å². The SMILES string of the molecule is COc1ccc(Br)cc1/C=C/C(=O)Nc1ccc(-c2nc3ccc(C)cc3s2)cc1. The van der Waals surface area contributed by atoms with Gasteiger partial charge in [0.25, 0.3) is 0 Å². The summed E-state index contributed by atoms with van der Waals surface area (Å²) < 4.78 is 7.42. The number of fused-ring (bicyclic) bond motifs is 1. The quantitative estimate of drug-likeness (QED) is 0.324. The molecule has 1 heterocycles. The minimum atomic E-state index is -0.208. The maximum absolute atomic E-state index is 12.3. The largest absolute Gasteiger partial charge is 0.496 e. The van der Waals surface area contributed by atoms with Crippen LogP contribution in [0.4, 0.5) is 5.69 Å². The van der Waals surface area contributed by atoms with Crippen LogP contribution in [0.5, 0.6) is 5.75 Å². The molecule has 0 aliphatic rings. The first-order valence-corrected chi connectivity index (χ1v) is 10.9. The van der Waals surface area contributed by atoms with E-state index in [4.69, 9.17) is 9.72 Å². The molecule has 0 saturated carbocycles. The number of halogens is 1. The fourth-order valence-corrected chi connectivity index (χ4v) is 4.48. The number of nitrogens with one attached hydrogen (secondary N) is 1. The predicted octanol–water partition coefficient (Wildman–Crippen LogP) is 6.69. The molecule has 30 heavy (non-hydrogen) atoms. The van der Waals surface area contributed by atoms with Crippen LogP contribution >= 0.6 is 27.3 Å². The van der Waals surface area contributed by atoms with E-state index in [9.17, 15) is 4.79 Å². The van der Waals surface area contributed by atoms with E-state index >= 15 is 0 Å². The zero-order valence-electron chi connectivity index (χ0n) is 16.5. The van der Waals surface area contributed by atoms with Gasteiger partial charge in [-0.15, -0.1) is 11.3 Å². The number of aryl methyl sites for hydroxylation is 1. The van der Waals surface area contributed by atoms with Crippen molar-refractivity contribution >= 4 is 55.2 Å². The molecule has 4 rings (SSSR count). The van der Waals surface area contributed by atoms with E-state index in [1.54, 1.807) is 24.5 Å². The highest BCUT2D eigenvalue weighted by molar-refractivity contribution is 9.10. The minimum Gasteiger partial charge on any atom is -0.496 e. The molecule has 150 valence electrons. The molecule has 0 atom stereocenters. The van der Waals surface area contributed by atoms with Gasteiger partial charge in [0.15, 0.2) is 0 Å². The number of hydrogen-bond acceptors (Lipinski definition) is 4. The Bertz CT molecular complexity index is 1250. The number of amides is 1. The smallest absolute Gasteiger partial charge is 0.248 e. The van der Waals surface area contributed by atoms with Crippen molar-refractivity contribution in [2.45, 2.75) is 6.92 Å². The average Bonchev–Trinajstić information content (AvgIpc) is 3.16. The number of anilines is 1. The van der Waals surface area contributed by atoms with Crippen LogP contribution in [0.1, 0.15) is 11.1 Å². The van der Waals surface area contributed by atoms with Crippen LogP contribution in [0.2, 0.25) is 0 Å². The molecule has 0 spiro atoms. The molecule has 0 aliphatic heterocycles. The zero-order chi connectivity index (χ0) is 21.1. The number of rotatable bonds is 5. The second kappa shape index (κ2) is 8.81. The van der Waals surface area contributed by atoms with Gasteiger partial charge in [-0.05, 0) is 73.2 Å². The van der Waals surface area contributed by atoms with Gasteiger partial charge in [-0.3, -0.25) is 4.79 Å². The maximum atomic E-state index is 12.3. The van der Waals surface area contributed by atoms with E-state index in [2.05, 4.69) is 40.3 Å². The Hall–Kier alpha value is -2.96. The number of ether oxygens (including phenoxy) is 1. The van der Waals surface area contributed by atoms with Crippen molar-refractivity contribution in [2.24, 2.45) is 0 Å². The number of nitrogens with zero attached hydrogens (tertiary/aromatic N) is 1. The number of aromatic nitrogens is 1. The first-order chi connectivity index (χ1) is 14.5. The van der Waals surface area contributed by atoms with Crippen molar-refractivity contribution in [3.8, 4) is 16.3 Å². The average molecular weight is 479 g/mol. The normalized spacial score (nSPS) is 11.2. The standard InChI is InChI=1S/C24H19BrN2O2S/c1-15-3-10-20-22(13-15)30-24(27-20)16-4-8-19(9-5-16)26-23(28)12-6-17-14-18(25)7-11-21(17)29-2/h3-14H,1-2H3,(H,26,28)/b12-6+. The molecular weight excluding hydrogens is 460 g/mol. The molecular formula is C24H19BrN2O2S. The molecule has 6 heteroatoms. The Morgan fingerprint density at radius 3 is 2.67 bits per heavy atom. The van der Waals surface area contributed by atoms with Gasteiger partial charge in [0.1, 0.15) is 10.8 Å². The third-order valence-corrected chi connectivity index (χ3v) is 6.11. The summed E-state index contributed by atoms with van der Waals surface area (Å²) in [6.07, 6.45) is 3.23. The molecule has 1 aromatic heterocycles. The summed E-state index contributed by atoms with van der Waals surface area (Å²) >= 11 is 5.10. The van der Waals surface area contributed by atoms with Crippen LogP contribution < -0.4 is 10.1 Å². The van der Waals surface area contributed by atoms with Crippen LogP contribution in [0, 0.1) is 6.92 Å². The summed E-state index contributed by atoms with van der Waals surface area (Å²) in [5, 5.41) is 3.85. The fraction of sp³-hybridized carbons (Fsp3) is 0.0833. The Morgan fingerprint density at radius 1 is 1.10 bits per heavy atom. The van der Waals surface area contributed by atoms with E-state index in [0.29, 0.717) is 5.75 Å². The van der Waals surface area contributed by atoms with Gasteiger partial charge < -0.3 is 10.1 Å². The number of thiazole rings is 1.